The number of nitriles is 1. The second-order valence-electron chi connectivity index (χ2n) is 8.70. The number of benzene rings is 1. The van der Waals surface area contributed by atoms with E-state index in [4.69, 9.17) is 0 Å². The van der Waals surface area contributed by atoms with Crippen molar-refractivity contribution in [1.29, 1.82) is 5.26 Å². The Morgan fingerprint density at radius 1 is 1.22 bits per heavy atom. The number of carboxylic acid groups (broad SMARTS) is 1. The van der Waals surface area contributed by atoms with Crippen molar-refractivity contribution in [1.82, 2.24) is 9.80 Å². The van der Waals surface area contributed by atoms with Gasteiger partial charge in [0.25, 0.3) is 0 Å². The normalized spacial score (nSPS) is 36.4. The Hall–Kier alpha value is -2.06. The lowest BCUT2D eigenvalue weighted by atomic mass is 9.65. The molecule has 2 unspecified atom stereocenters. The Morgan fingerprint density at radius 3 is 2.48 bits per heavy atom. The van der Waals surface area contributed by atoms with Crippen LogP contribution in [0.1, 0.15) is 51.0 Å². The number of hydrogen-bond donors (Lipinski definition) is 1. The fraction of sp³-hybridized carbons (Fsp3) is 0.636. The van der Waals surface area contributed by atoms with Crippen LogP contribution in [0.4, 0.5) is 4.79 Å². The zero-order valence-corrected chi connectivity index (χ0v) is 16.1. The van der Waals surface area contributed by atoms with Crippen LogP contribution in [0.15, 0.2) is 30.3 Å². The van der Waals surface area contributed by atoms with E-state index >= 15 is 0 Å². The quantitative estimate of drug-likeness (QED) is 0.881. The monoisotopic (exact) mass is 367 g/mol. The lowest BCUT2D eigenvalue weighted by Crippen LogP contribution is -2.68. The van der Waals surface area contributed by atoms with Gasteiger partial charge in [-0.25, -0.2) is 4.79 Å². The summed E-state index contributed by atoms with van der Waals surface area (Å²) in [6.45, 7) is 4.62. The average molecular weight is 367 g/mol. The van der Waals surface area contributed by atoms with Gasteiger partial charge in [-0.05, 0) is 44.1 Å². The van der Waals surface area contributed by atoms with Crippen LogP contribution in [-0.4, -0.2) is 52.7 Å². The van der Waals surface area contributed by atoms with Crippen LogP contribution < -0.4 is 0 Å². The molecule has 1 aromatic rings. The van der Waals surface area contributed by atoms with Crippen molar-refractivity contribution in [2.45, 2.75) is 62.9 Å². The summed E-state index contributed by atoms with van der Waals surface area (Å²) in [6.07, 6.45) is 5.23. The topological polar surface area (TPSA) is 67.6 Å². The Morgan fingerprint density at radius 2 is 1.93 bits per heavy atom. The molecule has 3 aliphatic rings. The molecule has 5 nitrogen and oxygen atoms in total. The highest BCUT2D eigenvalue weighted by atomic mass is 16.4. The summed E-state index contributed by atoms with van der Waals surface area (Å²) in [5, 5.41) is 19.2. The van der Waals surface area contributed by atoms with Crippen LogP contribution in [0.3, 0.4) is 0 Å². The average Bonchev–Trinajstić information content (AvgIpc) is 3.15. The highest BCUT2D eigenvalue weighted by molar-refractivity contribution is 5.65. The van der Waals surface area contributed by atoms with Crippen LogP contribution in [0.25, 0.3) is 0 Å². The van der Waals surface area contributed by atoms with E-state index < -0.39 is 6.09 Å². The number of rotatable bonds is 3. The first-order chi connectivity index (χ1) is 13.0. The first-order valence-electron chi connectivity index (χ1n) is 10.2. The second-order valence-corrected chi connectivity index (χ2v) is 8.70. The second kappa shape index (κ2) is 6.83. The van der Waals surface area contributed by atoms with Crippen molar-refractivity contribution in [3.05, 3.63) is 35.9 Å². The molecule has 1 amide bonds. The smallest absolute Gasteiger partial charge is 0.407 e. The van der Waals surface area contributed by atoms with Gasteiger partial charge in [-0.3, -0.25) is 4.90 Å². The molecule has 1 N–H and O–H groups in total. The number of carbonyl (C=O) groups is 1. The maximum atomic E-state index is 11.3. The van der Waals surface area contributed by atoms with Gasteiger partial charge in [0.1, 0.15) is 0 Å². The van der Waals surface area contributed by atoms with E-state index in [0.29, 0.717) is 25.2 Å². The summed E-state index contributed by atoms with van der Waals surface area (Å²) in [6, 6.07) is 13.9. The molecule has 0 radical (unpaired) electrons. The van der Waals surface area contributed by atoms with Crippen molar-refractivity contribution in [3.63, 3.8) is 0 Å². The molecular formula is C22H29N3O2. The zero-order valence-electron chi connectivity index (χ0n) is 16.1. The summed E-state index contributed by atoms with van der Waals surface area (Å²) in [4.78, 5) is 15.5. The van der Waals surface area contributed by atoms with Gasteiger partial charge in [0, 0.05) is 37.1 Å². The number of likely N-dealkylation sites (tertiary alicyclic amines) is 2. The van der Waals surface area contributed by atoms with Crippen LogP contribution in [0.2, 0.25) is 0 Å². The number of nitrogens with zero attached hydrogens (tertiary/aromatic N) is 3. The Kier molecular flexibility index (Phi) is 4.63. The maximum Gasteiger partial charge on any atom is 0.407 e. The van der Waals surface area contributed by atoms with Crippen molar-refractivity contribution >= 4 is 6.09 Å². The van der Waals surface area contributed by atoms with Crippen LogP contribution >= 0.6 is 0 Å². The molecule has 1 spiro atoms. The first kappa shape index (κ1) is 18.3. The van der Waals surface area contributed by atoms with Gasteiger partial charge in [0.2, 0.25) is 0 Å². The van der Waals surface area contributed by atoms with Crippen molar-refractivity contribution in [2.24, 2.45) is 5.41 Å². The molecule has 1 aliphatic carbocycles. The van der Waals surface area contributed by atoms with Crippen molar-refractivity contribution in [2.75, 3.05) is 19.6 Å². The van der Waals surface area contributed by atoms with E-state index in [1.165, 1.54) is 0 Å². The summed E-state index contributed by atoms with van der Waals surface area (Å²) >= 11 is 0. The molecule has 2 heterocycles. The van der Waals surface area contributed by atoms with Gasteiger partial charge in [0.05, 0.1) is 11.5 Å². The summed E-state index contributed by atoms with van der Waals surface area (Å²) in [5.41, 5.74) is 0.984. The molecule has 2 atom stereocenters. The fourth-order valence-electron chi connectivity index (χ4n) is 5.98. The fourth-order valence-corrected chi connectivity index (χ4v) is 5.98. The van der Waals surface area contributed by atoms with Gasteiger partial charge < -0.3 is 10.0 Å². The minimum absolute atomic E-state index is 0.163. The third-order valence-electron chi connectivity index (χ3n) is 7.47. The molecule has 5 heteroatoms. The van der Waals surface area contributed by atoms with E-state index in [2.05, 4.69) is 30.0 Å². The van der Waals surface area contributed by atoms with Crippen LogP contribution in [-0.2, 0) is 5.41 Å². The van der Waals surface area contributed by atoms with Gasteiger partial charge in [0.15, 0.2) is 0 Å². The first-order valence-corrected chi connectivity index (χ1v) is 10.2. The van der Waals surface area contributed by atoms with Gasteiger partial charge in [-0.2, -0.15) is 5.26 Å². The third-order valence-corrected chi connectivity index (χ3v) is 7.47. The largest absolute Gasteiger partial charge is 0.465 e. The molecule has 2 saturated heterocycles. The van der Waals surface area contributed by atoms with Crippen LogP contribution in [0.5, 0.6) is 0 Å². The lowest BCUT2D eigenvalue weighted by molar-refractivity contribution is -0.104. The predicted octanol–water partition coefficient (Wildman–Crippen LogP) is 3.85. The zero-order chi connectivity index (χ0) is 19.1. The molecule has 3 fully saturated rings. The molecule has 2 aliphatic heterocycles. The standard InChI is InChI=1S/C22H29N3O2/c1-2-19-22(12-13-24(15-22)20(26)27)16-25(19)18-8-10-21(14-23,11-9-18)17-6-4-3-5-7-17/h3-7,18-19H,2,8-13,15-16H2,1H3,(H,26,27). The Labute approximate surface area is 161 Å². The van der Waals surface area contributed by atoms with E-state index in [0.717, 1.165) is 50.6 Å². The lowest BCUT2D eigenvalue weighted by Gasteiger charge is -2.60. The van der Waals surface area contributed by atoms with E-state index in [1.54, 1.807) is 4.90 Å². The third kappa shape index (κ3) is 2.91. The molecule has 4 rings (SSSR count). The SMILES string of the molecule is CCC1N(C2CCC(C#N)(c3ccccc3)CC2)CC12CCN(C(=O)O)C2. The highest BCUT2D eigenvalue weighted by Gasteiger charge is 2.57. The summed E-state index contributed by atoms with van der Waals surface area (Å²) in [5.74, 6) is 0. The molecule has 0 aromatic heterocycles. The maximum absolute atomic E-state index is 11.3. The minimum atomic E-state index is -0.778. The molecule has 0 bridgehead atoms. The number of hydrogen-bond acceptors (Lipinski definition) is 3. The van der Waals surface area contributed by atoms with Gasteiger partial charge in [-0.1, -0.05) is 37.3 Å². The van der Waals surface area contributed by atoms with E-state index in [-0.39, 0.29) is 10.8 Å². The van der Waals surface area contributed by atoms with Gasteiger partial charge >= 0.3 is 6.09 Å². The molecule has 1 aromatic carbocycles. The molecular weight excluding hydrogens is 338 g/mol. The van der Waals surface area contributed by atoms with E-state index in [9.17, 15) is 15.2 Å². The molecule has 27 heavy (non-hydrogen) atoms. The molecule has 1 saturated carbocycles. The summed E-state index contributed by atoms with van der Waals surface area (Å²) in [7, 11) is 0. The minimum Gasteiger partial charge on any atom is -0.465 e. The van der Waals surface area contributed by atoms with Crippen LogP contribution in [0, 0.1) is 16.7 Å². The van der Waals surface area contributed by atoms with Crippen molar-refractivity contribution in [3.8, 4) is 6.07 Å². The number of amides is 1. The molecule has 144 valence electrons. The van der Waals surface area contributed by atoms with Gasteiger partial charge in [-0.15, -0.1) is 0 Å². The predicted molar refractivity (Wildman–Crippen MR) is 103 cm³/mol. The Balaban J connectivity index is 1.42. The summed E-state index contributed by atoms with van der Waals surface area (Å²) < 4.78 is 0. The Bertz CT molecular complexity index is 736. The van der Waals surface area contributed by atoms with E-state index in [1.807, 2.05) is 18.2 Å². The van der Waals surface area contributed by atoms with Crippen molar-refractivity contribution < 1.29 is 9.90 Å². The highest BCUT2D eigenvalue weighted by Crippen LogP contribution is 2.50.